The molecule has 0 aromatic heterocycles. The van der Waals surface area contributed by atoms with E-state index in [-0.39, 0.29) is 37.7 Å². The predicted molar refractivity (Wildman–Crippen MR) is 144 cm³/mol. The molecule has 39 heavy (non-hydrogen) atoms. The second-order valence-corrected chi connectivity index (χ2v) is 12.2. The lowest BCUT2D eigenvalue weighted by Gasteiger charge is -2.35. The van der Waals surface area contributed by atoms with Gasteiger partial charge < -0.3 is 5.11 Å². The fourth-order valence-corrected chi connectivity index (χ4v) is 6.17. The molecule has 3 aromatic rings. The molecule has 0 fully saturated rings. The van der Waals surface area contributed by atoms with E-state index in [2.05, 4.69) is 5.10 Å². The zero-order valence-corrected chi connectivity index (χ0v) is 22.9. The lowest BCUT2D eigenvalue weighted by Crippen LogP contribution is -2.44. The van der Waals surface area contributed by atoms with Crippen LogP contribution in [0.4, 0.5) is 4.39 Å². The largest absolute Gasteiger partial charge is 0.363 e. The Morgan fingerprint density at radius 1 is 1.13 bits per heavy atom. The number of hydrogen-bond donors (Lipinski definition) is 1. The summed E-state index contributed by atoms with van der Waals surface area (Å²) in [5.74, 6) is -3.01. The Balaban J connectivity index is 1.69. The number of hydrazone groups is 1. The first kappa shape index (κ1) is 27.1. The molecule has 5 rings (SSSR count). The number of sulfone groups is 1. The highest BCUT2D eigenvalue weighted by atomic mass is 35.5. The summed E-state index contributed by atoms with van der Waals surface area (Å²) in [6.07, 6.45) is 3.93. The predicted octanol–water partition coefficient (Wildman–Crippen LogP) is 3.90. The van der Waals surface area contributed by atoms with Gasteiger partial charge >= 0.3 is 0 Å². The molecule has 1 amide bonds. The Morgan fingerprint density at radius 3 is 2.41 bits per heavy atom. The van der Waals surface area contributed by atoms with Gasteiger partial charge in [0.05, 0.1) is 28.8 Å². The molecule has 2 unspecified atom stereocenters. The first-order chi connectivity index (χ1) is 18.3. The van der Waals surface area contributed by atoms with Crippen LogP contribution in [0.5, 0.6) is 0 Å². The standard InChI is InChI=1S/C27H21Cl2FN3O5S/c1-32-13-17(12-31-32)25(34)16-9-21-24(22(30)10-16)27(36,18-4-7-19(28)8-5-18)33(26(21)35)14-15-3-6-20(29)11-23(15)39(2,37)38/h3-13,17,36H,14H2,1-2H3/q+1. The van der Waals surface area contributed by atoms with Crippen molar-refractivity contribution in [3.8, 4) is 0 Å². The Hall–Kier alpha value is -3.44. The van der Waals surface area contributed by atoms with Gasteiger partial charge in [-0.3, -0.25) is 14.5 Å². The van der Waals surface area contributed by atoms with Crippen molar-refractivity contribution in [2.24, 2.45) is 11.0 Å². The van der Waals surface area contributed by atoms with E-state index in [1.54, 1.807) is 13.3 Å². The smallest absolute Gasteiger partial charge is 0.257 e. The fourth-order valence-electron chi connectivity index (χ4n) is 4.86. The van der Waals surface area contributed by atoms with Gasteiger partial charge in [-0.2, -0.15) is 0 Å². The summed E-state index contributed by atoms with van der Waals surface area (Å²) < 4.78 is 42.3. The Bertz CT molecular complexity index is 1720. The van der Waals surface area contributed by atoms with Crippen LogP contribution in [0.3, 0.4) is 0 Å². The van der Waals surface area contributed by atoms with Crippen LogP contribution in [0.25, 0.3) is 0 Å². The number of Topliss-reactive ketones (excluding diaryl/α,β-unsaturated/α-hetero) is 1. The van der Waals surface area contributed by atoms with Crippen LogP contribution in [-0.4, -0.2) is 60.5 Å². The monoisotopic (exact) mass is 588 g/mol. The third kappa shape index (κ3) is 4.67. The number of benzene rings is 3. The van der Waals surface area contributed by atoms with E-state index < -0.39 is 45.5 Å². The average molecular weight is 589 g/mol. The number of halogens is 3. The van der Waals surface area contributed by atoms with Crippen molar-refractivity contribution < 1.29 is 32.2 Å². The van der Waals surface area contributed by atoms with E-state index in [0.717, 1.165) is 17.2 Å². The molecule has 200 valence electrons. The van der Waals surface area contributed by atoms with Crippen molar-refractivity contribution in [2.75, 3.05) is 13.3 Å². The van der Waals surface area contributed by atoms with Gasteiger partial charge in [-0.05, 0) is 47.1 Å². The maximum absolute atomic E-state index is 15.9. The maximum Gasteiger partial charge on any atom is 0.257 e. The Labute approximate surface area is 233 Å². The summed E-state index contributed by atoms with van der Waals surface area (Å²) in [6.45, 7) is -0.414. The van der Waals surface area contributed by atoms with Crippen molar-refractivity contribution in [3.05, 3.63) is 98.3 Å². The van der Waals surface area contributed by atoms with Crippen LogP contribution in [0.1, 0.15) is 37.4 Å². The molecule has 0 saturated carbocycles. The third-order valence-corrected chi connectivity index (χ3v) is 8.35. The summed E-state index contributed by atoms with van der Waals surface area (Å²) in [5, 5.41) is 16.6. The first-order valence-electron chi connectivity index (χ1n) is 11.6. The van der Waals surface area contributed by atoms with Crippen LogP contribution >= 0.6 is 23.2 Å². The minimum atomic E-state index is -3.79. The molecule has 2 atom stereocenters. The highest BCUT2D eigenvalue weighted by Crippen LogP contribution is 2.45. The topological polar surface area (TPSA) is 107 Å². The summed E-state index contributed by atoms with van der Waals surface area (Å²) in [5.41, 5.74) is -2.74. The van der Waals surface area contributed by atoms with E-state index in [4.69, 9.17) is 23.2 Å². The minimum Gasteiger partial charge on any atom is -0.363 e. The first-order valence-corrected chi connectivity index (χ1v) is 14.2. The number of aliphatic hydroxyl groups is 1. The summed E-state index contributed by atoms with van der Waals surface area (Å²) in [7, 11) is -2.15. The lowest BCUT2D eigenvalue weighted by molar-refractivity contribution is -0.494. The Kier molecular flexibility index (Phi) is 6.70. The zero-order chi connectivity index (χ0) is 28.3. The number of amides is 1. The second-order valence-electron chi connectivity index (χ2n) is 9.35. The van der Waals surface area contributed by atoms with Gasteiger partial charge in [0.25, 0.3) is 5.91 Å². The van der Waals surface area contributed by atoms with Crippen molar-refractivity contribution in [3.63, 3.8) is 0 Å². The van der Waals surface area contributed by atoms with Crippen molar-refractivity contribution in [2.45, 2.75) is 17.2 Å². The van der Waals surface area contributed by atoms with Crippen molar-refractivity contribution >= 4 is 57.2 Å². The van der Waals surface area contributed by atoms with Gasteiger partial charge in [0, 0.05) is 27.4 Å². The molecule has 1 N–H and O–H groups in total. The second kappa shape index (κ2) is 9.63. The van der Waals surface area contributed by atoms with Crippen LogP contribution in [0, 0.1) is 11.7 Å². The van der Waals surface area contributed by atoms with Gasteiger partial charge in [0.2, 0.25) is 0 Å². The fraction of sp³-hybridized carbons (Fsp3) is 0.185. The van der Waals surface area contributed by atoms with E-state index >= 15 is 4.39 Å². The normalized spacial score (nSPS) is 20.4. The van der Waals surface area contributed by atoms with Crippen LogP contribution in [-0.2, 0) is 22.1 Å². The SMILES string of the molecule is C[N+]1=CC(C(=O)c2cc(F)c3c(c2)C(=O)N(Cc2ccc(Cl)cc2S(C)(=O)=O)C3(O)c2ccc(Cl)cc2)C=N1. The van der Waals surface area contributed by atoms with Gasteiger partial charge in [-0.25, -0.2) is 12.8 Å². The Morgan fingerprint density at radius 2 is 1.79 bits per heavy atom. The van der Waals surface area contributed by atoms with Crippen LogP contribution in [0.2, 0.25) is 10.0 Å². The molecule has 0 radical (unpaired) electrons. The summed E-state index contributed by atoms with van der Waals surface area (Å²) >= 11 is 12.1. The lowest BCUT2D eigenvalue weighted by atomic mass is 9.90. The third-order valence-electron chi connectivity index (χ3n) is 6.68. The molecule has 0 saturated heterocycles. The highest BCUT2D eigenvalue weighted by Gasteiger charge is 2.52. The molecular weight excluding hydrogens is 568 g/mol. The van der Waals surface area contributed by atoms with Crippen LogP contribution in [0.15, 0.2) is 64.6 Å². The van der Waals surface area contributed by atoms with Gasteiger partial charge in [-0.1, -0.05) is 46.1 Å². The molecule has 2 heterocycles. The number of fused-ring (bicyclic) bond motifs is 1. The van der Waals surface area contributed by atoms with Gasteiger partial charge in [0.1, 0.15) is 11.7 Å². The zero-order valence-electron chi connectivity index (χ0n) is 20.6. The number of ketones is 1. The molecule has 8 nitrogen and oxygen atoms in total. The number of carbonyl (C=O) groups is 2. The molecule has 0 aliphatic carbocycles. The van der Waals surface area contributed by atoms with Crippen molar-refractivity contribution in [1.82, 2.24) is 4.90 Å². The maximum atomic E-state index is 15.9. The quantitative estimate of drug-likeness (QED) is 0.347. The molecule has 3 aromatic carbocycles. The molecule has 2 aliphatic heterocycles. The van der Waals surface area contributed by atoms with E-state index in [9.17, 15) is 23.1 Å². The molecule has 2 aliphatic rings. The van der Waals surface area contributed by atoms with Gasteiger partial charge in [-0.15, -0.1) is 0 Å². The summed E-state index contributed by atoms with van der Waals surface area (Å²) in [6, 6.07) is 12.2. The molecule has 12 heteroatoms. The number of nitrogens with zero attached hydrogens (tertiary/aromatic N) is 3. The summed E-state index contributed by atoms with van der Waals surface area (Å²) in [4.78, 5) is 27.7. The van der Waals surface area contributed by atoms with E-state index in [1.807, 2.05) is 0 Å². The van der Waals surface area contributed by atoms with E-state index in [1.165, 1.54) is 59.4 Å². The molecule has 0 spiro atoms. The highest BCUT2D eigenvalue weighted by molar-refractivity contribution is 7.90. The number of hydrogen-bond acceptors (Lipinski definition) is 6. The van der Waals surface area contributed by atoms with E-state index in [0.29, 0.717) is 5.02 Å². The van der Waals surface area contributed by atoms with Gasteiger partial charge in [0.15, 0.2) is 34.6 Å². The minimum absolute atomic E-state index is 0.0776. The number of rotatable bonds is 6. The molecule has 0 bridgehead atoms. The van der Waals surface area contributed by atoms with Crippen molar-refractivity contribution in [1.29, 1.82) is 0 Å². The number of carbonyl (C=O) groups excluding carboxylic acids is 2. The van der Waals surface area contributed by atoms with Crippen LogP contribution < -0.4 is 0 Å². The average Bonchev–Trinajstić information content (AvgIpc) is 3.40. The molecular formula is C27H21Cl2FN3O5S+.